The van der Waals surface area contributed by atoms with Crippen LogP contribution in [-0.4, -0.2) is 40.4 Å². The van der Waals surface area contributed by atoms with Crippen LogP contribution in [-0.2, 0) is 4.74 Å². The Morgan fingerprint density at radius 1 is 1.52 bits per heavy atom. The van der Waals surface area contributed by atoms with E-state index in [1.807, 2.05) is 24.3 Å². The number of nitrogens with one attached hydrogen (secondary N) is 1. The van der Waals surface area contributed by atoms with Gasteiger partial charge in [0.1, 0.15) is 23.5 Å². The van der Waals surface area contributed by atoms with Crippen molar-refractivity contribution in [2.45, 2.75) is 6.10 Å². The molecular weight excluding hydrogens is 270 g/mol. The molecular formula is C15H13N3O3. The van der Waals surface area contributed by atoms with Gasteiger partial charge in [0.25, 0.3) is 0 Å². The van der Waals surface area contributed by atoms with E-state index < -0.39 is 6.10 Å². The maximum atomic E-state index is 10.2. The minimum absolute atomic E-state index is 0.0793. The number of aromatic amines is 1. The molecule has 0 saturated carbocycles. The Morgan fingerprint density at radius 2 is 2.33 bits per heavy atom. The standard InChI is InChI=1S/C15H13N3O3/c16-6-9(15-17-7-10(8-19)21-15)5-13-14(20)11-3-1-2-4-12(11)18-13/h1-5,10,18-20H,7-8H2/b9-5+. The summed E-state index contributed by atoms with van der Waals surface area (Å²) in [5, 5.41) is 29.1. The zero-order valence-electron chi connectivity index (χ0n) is 11.1. The van der Waals surface area contributed by atoms with Gasteiger partial charge in [-0.05, 0) is 18.2 Å². The number of nitriles is 1. The number of H-pyrrole nitrogens is 1. The van der Waals surface area contributed by atoms with Crippen molar-refractivity contribution in [2.75, 3.05) is 13.2 Å². The van der Waals surface area contributed by atoms with Crippen LogP contribution in [0, 0.1) is 11.3 Å². The maximum absolute atomic E-state index is 10.2. The number of aromatic nitrogens is 1. The molecule has 0 saturated heterocycles. The lowest BCUT2D eigenvalue weighted by molar-refractivity contribution is 0.130. The lowest BCUT2D eigenvalue weighted by Crippen LogP contribution is -2.17. The summed E-state index contributed by atoms with van der Waals surface area (Å²) in [6, 6.07) is 9.30. The number of nitrogens with zero attached hydrogens (tertiary/aromatic N) is 2. The Hall–Kier alpha value is -2.78. The molecule has 1 aromatic carbocycles. The summed E-state index contributed by atoms with van der Waals surface area (Å²) >= 11 is 0. The number of aliphatic hydroxyl groups excluding tert-OH is 1. The average molecular weight is 283 g/mol. The van der Waals surface area contributed by atoms with Crippen molar-refractivity contribution < 1.29 is 14.9 Å². The van der Waals surface area contributed by atoms with Crippen LogP contribution in [0.3, 0.4) is 0 Å². The molecule has 3 N–H and O–H groups in total. The molecule has 0 radical (unpaired) electrons. The van der Waals surface area contributed by atoms with Gasteiger partial charge < -0.3 is 19.9 Å². The minimum Gasteiger partial charge on any atom is -0.505 e. The van der Waals surface area contributed by atoms with Crippen LogP contribution >= 0.6 is 0 Å². The lowest BCUT2D eigenvalue weighted by Gasteiger charge is -2.06. The third-order valence-corrected chi connectivity index (χ3v) is 3.27. The number of fused-ring (bicyclic) bond motifs is 1. The highest BCUT2D eigenvalue weighted by molar-refractivity contribution is 6.03. The van der Waals surface area contributed by atoms with Crippen LogP contribution in [0.1, 0.15) is 5.69 Å². The van der Waals surface area contributed by atoms with Crippen molar-refractivity contribution in [1.82, 2.24) is 4.98 Å². The fraction of sp³-hybridized carbons (Fsp3) is 0.200. The summed E-state index contributed by atoms with van der Waals surface area (Å²) in [5.74, 6) is 0.269. The number of benzene rings is 1. The lowest BCUT2D eigenvalue weighted by atomic mass is 10.2. The van der Waals surface area contributed by atoms with E-state index >= 15 is 0 Å². The van der Waals surface area contributed by atoms with Crippen molar-refractivity contribution >= 4 is 22.9 Å². The van der Waals surface area contributed by atoms with E-state index in [9.17, 15) is 10.4 Å². The fourth-order valence-corrected chi connectivity index (χ4v) is 2.20. The van der Waals surface area contributed by atoms with Gasteiger partial charge in [-0.1, -0.05) is 12.1 Å². The van der Waals surface area contributed by atoms with E-state index in [-0.39, 0.29) is 23.8 Å². The Kier molecular flexibility index (Phi) is 3.34. The summed E-state index contributed by atoms with van der Waals surface area (Å²) in [6.45, 7) is 0.173. The smallest absolute Gasteiger partial charge is 0.227 e. The number of aliphatic hydroxyl groups is 1. The number of rotatable bonds is 3. The molecule has 1 aromatic heterocycles. The Morgan fingerprint density at radius 3 is 3.00 bits per heavy atom. The molecule has 6 nitrogen and oxygen atoms in total. The van der Waals surface area contributed by atoms with E-state index in [2.05, 4.69) is 9.98 Å². The number of aromatic hydroxyl groups is 1. The van der Waals surface area contributed by atoms with Crippen LogP contribution in [0.2, 0.25) is 0 Å². The summed E-state index contributed by atoms with van der Waals surface area (Å²) in [4.78, 5) is 7.13. The normalized spacial score (nSPS) is 18.4. The van der Waals surface area contributed by atoms with Crippen LogP contribution in [0.15, 0.2) is 34.8 Å². The molecule has 1 aliphatic rings. The second-order valence-electron chi connectivity index (χ2n) is 4.67. The molecule has 3 rings (SSSR count). The first kappa shape index (κ1) is 13.2. The average Bonchev–Trinajstić information content (AvgIpc) is 3.10. The minimum atomic E-state index is -0.409. The fourth-order valence-electron chi connectivity index (χ4n) is 2.20. The van der Waals surface area contributed by atoms with E-state index in [0.717, 1.165) is 5.52 Å². The molecule has 0 amide bonds. The van der Waals surface area contributed by atoms with Gasteiger partial charge in [-0.3, -0.25) is 0 Å². The van der Waals surface area contributed by atoms with Gasteiger partial charge in [0.2, 0.25) is 5.90 Å². The molecule has 1 aliphatic heterocycles. The third-order valence-electron chi connectivity index (χ3n) is 3.27. The predicted octanol–water partition coefficient (Wildman–Crippen LogP) is 1.57. The first-order chi connectivity index (χ1) is 10.2. The van der Waals surface area contributed by atoms with Gasteiger partial charge in [-0.2, -0.15) is 5.26 Å². The highest BCUT2D eigenvalue weighted by Gasteiger charge is 2.22. The highest BCUT2D eigenvalue weighted by Crippen LogP contribution is 2.30. The molecule has 106 valence electrons. The number of para-hydroxylation sites is 1. The highest BCUT2D eigenvalue weighted by atomic mass is 16.5. The van der Waals surface area contributed by atoms with Gasteiger partial charge in [0.15, 0.2) is 0 Å². The van der Waals surface area contributed by atoms with E-state index in [4.69, 9.17) is 9.84 Å². The number of ether oxygens (including phenoxy) is 1. The molecule has 6 heteroatoms. The van der Waals surface area contributed by atoms with E-state index in [1.165, 1.54) is 6.08 Å². The monoisotopic (exact) mass is 283 g/mol. The van der Waals surface area contributed by atoms with Crippen molar-refractivity contribution in [3.05, 3.63) is 35.5 Å². The summed E-state index contributed by atoms with van der Waals surface area (Å²) in [5.41, 5.74) is 1.40. The molecule has 2 heterocycles. The molecule has 2 aromatic rings. The van der Waals surface area contributed by atoms with Gasteiger partial charge in [0.05, 0.1) is 18.8 Å². The Bertz CT molecular complexity index is 783. The van der Waals surface area contributed by atoms with E-state index in [1.54, 1.807) is 6.07 Å². The van der Waals surface area contributed by atoms with Crippen LogP contribution in [0.4, 0.5) is 0 Å². The van der Waals surface area contributed by atoms with Crippen molar-refractivity contribution in [3.8, 4) is 11.8 Å². The van der Waals surface area contributed by atoms with Gasteiger partial charge in [-0.25, -0.2) is 4.99 Å². The van der Waals surface area contributed by atoms with Gasteiger partial charge in [0, 0.05) is 10.9 Å². The number of aliphatic imine (C=N–C) groups is 1. The quantitative estimate of drug-likeness (QED) is 0.744. The maximum Gasteiger partial charge on any atom is 0.227 e. The zero-order valence-corrected chi connectivity index (χ0v) is 11.1. The third kappa shape index (κ3) is 2.35. The van der Waals surface area contributed by atoms with Crippen molar-refractivity contribution in [2.24, 2.45) is 4.99 Å². The molecule has 1 unspecified atom stereocenters. The van der Waals surface area contributed by atoms with Crippen LogP contribution in [0.5, 0.6) is 5.75 Å². The second kappa shape index (κ2) is 5.31. The topological polar surface area (TPSA) is 102 Å². The summed E-state index contributed by atoms with van der Waals surface area (Å²) in [7, 11) is 0. The van der Waals surface area contributed by atoms with Crippen molar-refractivity contribution in [3.63, 3.8) is 0 Å². The van der Waals surface area contributed by atoms with Gasteiger partial charge >= 0.3 is 0 Å². The van der Waals surface area contributed by atoms with Gasteiger partial charge in [-0.15, -0.1) is 0 Å². The number of hydrogen-bond acceptors (Lipinski definition) is 5. The molecule has 0 fully saturated rings. The molecule has 0 spiro atoms. The predicted molar refractivity (Wildman–Crippen MR) is 77.8 cm³/mol. The zero-order chi connectivity index (χ0) is 14.8. The second-order valence-corrected chi connectivity index (χ2v) is 4.67. The van der Waals surface area contributed by atoms with E-state index in [0.29, 0.717) is 17.6 Å². The number of hydrogen-bond donors (Lipinski definition) is 3. The molecule has 21 heavy (non-hydrogen) atoms. The Balaban J connectivity index is 1.98. The van der Waals surface area contributed by atoms with Crippen LogP contribution < -0.4 is 0 Å². The largest absolute Gasteiger partial charge is 0.505 e. The molecule has 0 bridgehead atoms. The first-order valence-electron chi connectivity index (χ1n) is 6.46. The van der Waals surface area contributed by atoms with Crippen molar-refractivity contribution in [1.29, 1.82) is 5.26 Å². The summed E-state index contributed by atoms with van der Waals surface area (Å²) < 4.78 is 5.36. The van der Waals surface area contributed by atoms with Crippen LogP contribution in [0.25, 0.3) is 17.0 Å². The first-order valence-corrected chi connectivity index (χ1v) is 6.46. The summed E-state index contributed by atoms with van der Waals surface area (Å²) in [6.07, 6.45) is 1.08. The SMILES string of the molecule is N#C/C(=C\c1[nH]c2ccccc2c1O)C1=NCC(CO)O1. The molecule has 1 atom stereocenters. The molecule has 0 aliphatic carbocycles. The Labute approximate surface area is 120 Å².